The van der Waals surface area contributed by atoms with E-state index in [0.29, 0.717) is 27.6 Å². The van der Waals surface area contributed by atoms with E-state index in [2.05, 4.69) is 0 Å². The second-order valence-electron chi connectivity index (χ2n) is 4.94. The van der Waals surface area contributed by atoms with Crippen LogP contribution in [-0.4, -0.2) is 8.76 Å². The average molecular weight is 325 g/mol. The third kappa shape index (κ3) is 3.59. The highest BCUT2D eigenvalue weighted by Crippen LogP contribution is 2.30. The van der Waals surface area contributed by atoms with Gasteiger partial charge in [-0.25, -0.2) is 4.21 Å². The number of rotatable bonds is 4. The summed E-state index contributed by atoms with van der Waals surface area (Å²) in [5.41, 5.74) is 7.85. The molecule has 0 amide bonds. The molecule has 0 spiro atoms. The summed E-state index contributed by atoms with van der Waals surface area (Å²) >= 11 is -2.04. The maximum atomic E-state index is 11.5. The van der Waals surface area contributed by atoms with Crippen molar-refractivity contribution < 1.29 is 13.5 Å². The molecular formula is C18H15NO3S. The van der Waals surface area contributed by atoms with Gasteiger partial charge in [0.1, 0.15) is 11.5 Å². The Hall–Kier alpha value is -2.63. The molecule has 0 heterocycles. The Bertz CT molecular complexity index is 847. The smallest absolute Gasteiger partial charge is 0.187 e. The number of nitrogen functional groups attached to an aromatic ring is 1. The van der Waals surface area contributed by atoms with E-state index in [1.54, 1.807) is 36.4 Å². The number of ether oxygens (including phenoxy) is 1. The summed E-state index contributed by atoms with van der Waals surface area (Å²) in [4.78, 5) is 0.372. The van der Waals surface area contributed by atoms with Crippen LogP contribution in [0, 0.1) is 0 Å². The summed E-state index contributed by atoms with van der Waals surface area (Å²) < 4.78 is 26.7. The lowest BCUT2D eigenvalue weighted by molar-refractivity contribution is 0.483. The summed E-state index contributed by atoms with van der Waals surface area (Å²) in [6.07, 6.45) is 0. The summed E-state index contributed by atoms with van der Waals surface area (Å²) in [6.45, 7) is 0. The van der Waals surface area contributed by atoms with Crippen LogP contribution in [0.1, 0.15) is 0 Å². The average Bonchev–Trinajstić information content (AvgIpc) is 2.57. The minimum absolute atomic E-state index is 0.372. The monoisotopic (exact) mass is 325 g/mol. The fourth-order valence-corrected chi connectivity index (χ4v) is 2.83. The van der Waals surface area contributed by atoms with Gasteiger partial charge in [-0.15, -0.1) is 0 Å². The first kappa shape index (κ1) is 15.3. The third-order valence-corrected chi connectivity index (χ3v) is 4.07. The second kappa shape index (κ2) is 6.64. The lowest BCUT2D eigenvalue weighted by atomic mass is 10.1. The molecule has 3 aromatic carbocycles. The van der Waals surface area contributed by atoms with Gasteiger partial charge in [-0.05, 0) is 48.0 Å². The van der Waals surface area contributed by atoms with Crippen LogP contribution in [0.3, 0.4) is 0 Å². The first-order valence-corrected chi connectivity index (χ1v) is 8.08. The van der Waals surface area contributed by atoms with E-state index in [1.165, 1.54) is 0 Å². The molecule has 1 atom stereocenters. The largest absolute Gasteiger partial charge is 0.457 e. The minimum Gasteiger partial charge on any atom is -0.457 e. The van der Waals surface area contributed by atoms with E-state index in [0.717, 1.165) is 5.56 Å². The molecule has 1 unspecified atom stereocenters. The molecule has 0 fully saturated rings. The Morgan fingerprint density at radius 3 is 2.35 bits per heavy atom. The highest BCUT2D eigenvalue weighted by molar-refractivity contribution is 7.79. The van der Waals surface area contributed by atoms with Gasteiger partial charge in [-0.1, -0.05) is 30.3 Å². The van der Waals surface area contributed by atoms with Crippen molar-refractivity contribution >= 4 is 16.8 Å². The van der Waals surface area contributed by atoms with Crippen molar-refractivity contribution in [3.63, 3.8) is 0 Å². The van der Waals surface area contributed by atoms with Crippen molar-refractivity contribution in [1.29, 1.82) is 0 Å². The van der Waals surface area contributed by atoms with Gasteiger partial charge in [0.05, 0.1) is 4.90 Å². The maximum absolute atomic E-state index is 11.5. The zero-order valence-corrected chi connectivity index (χ0v) is 13.0. The standard InChI is InChI=1S/C18H15NO3S/c19-14-8-10-15(11-9-14)22-16-5-3-4-13(12-16)17-6-1-2-7-18(17)23(20)21/h1-12H,19H2,(H,20,21). The molecule has 23 heavy (non-hydrogen) atoms. The zero-order chi connectivity index (χ0) is 16.2. The highest BCUT2D eigenvalue weighted by atomic mass is 32.2. The molecule has 3 N–H and O–H groups in total. The highest BCUT2D eigenvalue weighted by Gasteiger charge is 2.10. The lowest BCUT2D eigenvalue weighted by Gasteiger charge is -2.10. The van der Waals surface area contributed by atoms with E-state index < -0.39 is 11.1 Å². The number of nitrogens with two attached hydrogens (primary N) is 1. The van der Waals surface area contributed by atoms with Crippen molar-refractivity contribution in [2.45, 2.75) is 4.90 Å². The molecule has 0 aliphatic heterocycles. The second-order valence-corrected chi connectivity index (χ2v) is 5.88. The Balaban J connectivity index is 1.94. The van der Waals surface area contributed by atoms with Gasteiger partial charge in [0.15, 0.2) is 11.1 Å². The van der Waals surface area contributed by atoms with Crippen molar-refractivity contribution in [1.82, 2.24) is 0 Å². The predicted octanol–water partition coefficient (Wildman–Crippen LogP) is 4.31. The third-order valence-electron chi connectivity index (χ3n) is 3.34. The van der Waals surface area contributed by atoms with Gasteiger partial charge in [-0.3, -0.25) is 0 Å². The predicted molar refractivity (Wildman–Crippen MR) is 91.8 cm³/mol. The topological polar surface area (TPSA) is 72.5 Å². The first-order valence-electron chi connectivity index (χ1n) is 6.97. The fraction of sp³-hybridized carbons (Fsp3) is 0. The van der Waals surface area contributed by atoms with Crippen molar-refractivity contribution in [3.8, 4) is 22.6 Å². The van der Waals surface area contributed by atoms with Gasteiger partial charge < -0.3 is 15.0 Å². The summed E-state index contributed by atoms with van der Waals surface area (Å²) in [5, 5.41) is 0. The summed E-state index contributed by atoms with van der Waals surface area (Å²) in [7, 11) is 0. The van der Waals surface area contributed by atoms with Crippen LogP contribution >= 0.6 is 0 Å². The molecule has 0 radical (unpaired) electrons. The van der Waals surface area contributed by atoms with Crippen LogP contribution in [-0.2, 0) is 11.1 Å². The van der Waals surface area contributed by atoms with E-state index >= 15 is 0 Å². The zero-order valence-electron chi connectivity index (χ0n) is 12.2. The molecular weight excluding hydrogens is 310 g/mol. The molecule has 5 heteroatoms. The quantitative estimate of drug-likeness (QED) is 0.554. The van der Waals surface area contributed by atoms with Gasteiger partial charge in [0.2, 0.25) is 0 Å². The van der Waals surface area contributed by atoms with Gasteiger partial charge in [-0.2, -0.15) is 0 Å². The Kier molecular flexibility index (Phi) is 4.41. The van der Waals surface area contributed by atoms with E-state index in [9.17, 15) is 8.76 Å². The molecule has 4 nitrogen and oxygen atoms in total. The normalized spacial score (nSPS) is 11.9. The molecule has 3 rings (SSSR count). The number of hydrogen-bond acceptors (Lipinski definition) is 3. The van der Waals surface area contributed by atoms with Crippen LogP contribution in [0.5, 0.6) is 11.5 Å². The van der Waals surface area contributed by atoms with E-state index in [4.69, 9.17) is 10.5 Å². The first-order chi connectivity index (χ1) is 11.1. The van der Waals surface area contributed by atoms with Gasteiger partial charge in [0.25, 0.3) is 0 Å². The van der Waals surface area contributed by atoms with Crippen molar-refractivity contribution in [2.24, 2.45) is 0 Å². The summed E-state index contributed by atoms with van der Waals surface area (Å²) in [5.74, 6) is 1.32. The SMILES string of the molecule is Nc1ccc(Oc2cccc(-c3ccccc3S(=O)O)c2)cc1. The molecule has 3 aromatic rings. The fourth-order valence-electron chi connectivity index (χ4n) is 2.26. The Morgan fingerprint density at radius 2 is 1.61 bits per heavy atom. The number of anilines is 1. The van der Waals surface area contributed by atoms with Crippen LogP contribution in [0.15, 0.2) is 77.7 Å². The van der Waals surface area contributed by atoms with Crippen LogP contribution in [0.4, 0.5) is 5.69 Å². The Labute approximate surface area is 136 Å². The molecule has 116 valence electrons. The van der Waals surface area contributed by atoms with Gasteiger partial charge in [0, 0.05) is 11.3 Å². The number of hydrogen-bond donors (Lipinski definition) is 2. The summed E-state index contributed by atoms with van der Waals surface area (Å²) in [6, 6.07) is 21.5. The molecule has 0 saturated heterocycles. The van der Waals surface area contributed by atoms with E-state index in [1.807, 2.05) is 36.4 Å². The molecule has 0 bridgehead atoms. The van der Waals surface area contributed by atoms with Crippen LogP contribution < -0.4 is 10.5 Å². The van der Waals surface area contributed by atoms with Crippen LogP contribution in [0.25, 0.3) is 11.1 Å². The molecule has 0 aliphatic rings. The Morgan fingerprint density at radius 1 is 0.870 bits per heavy atom. The van der Waals surface area contributed by atoms with Crippen molar-refractivity contribution in [2.75, 3.05) is 5.73 Å². The molecule has 0 saturated carbocycles. The van der Waals surface area contributed by atoms with Crippen LogP contribution in [0.2, 0.25) is 0 Å². The number of benzene rings is 3. The lowest BCUT2D eigenvalue weighted by Crippen LogP contribution is -1.93. The van der Waals surface area contributed by atoms with E-state index in [-0.39, 0.29) is 0 Å². The molecule has 0 aliphatic carbocycles. The van der Waals surface area contributed by atoms with Gasteiger partial charge >= 0.3 is 0 Å². The maximum Gasteiger partial charge on any atom is 0.187 e. The molecule has 0 aromatic heterocycles. The minimum atomic E-state index is -2.04. The van der Waals surface area contributed by atoms with Crippen molar-refractivity contribution in [3.05, 3.63) is 72.8 Å².